The molecule has 1 aromatic rings. The number of aldehydes is 1. The van der Waals surface area contributed by atoms with Crippen LogP contribution in [-0.2, 0) is 9.53 Å². The van der Waals surface area contributed by atoms with Crippen LogP contribution in [0.3, 0.4) is 0 Å². The normalized spacial score (nSPS) is 54.8. The molecule has 10 atom stereocenters. The van der Waals surface area contributed by atoms with Crippen molar-refractivity contribution in [3.63, 3.8) is 0 Å². The van der Waals surface area contributed by atoms with Crippen molar-refractivity contribution in [1.82, 2.24) is 0 Å². The van der Waals surface area contributed by atoms with Crippen LogP contribution in [0.5, 0.6) is 0 Å². The van der Waals surface area contributed by atoms with Crippen molar-refractivity contribution in [2.75, 3.05) is 0 Å². The highest BCUT2D eigenvalue weighted by atomic mass is 16.6. The molecule has 31 heavy (non-hydrogen) atoms. The molecule has 0 aromatic carbocycles. The zero-order chi connectivity index (χ0) is 21.8. The molecule has 5 aliphatic rings. The van der Waals surface area contributed by atoms with E-state index in [1.54, 1.807) is 6.07 Å². The fraction of sp³-hybridized carbons (Fsp3) is 0.750. The standard InChI is InChI=1S/C24H30O7/c1-21-7-5-15-16(6-9-23(29)10-14(26)4-8-22(15,23)12-25)24(21)20(31-24)19(28)18(21)13-2-3-17(27)30-11-13/h2-3,11-12,14-16,18-20,26,28-29H,4-10H2,1H3/t14-,15-,16+,18-,19+,20+,21+,22-,23-,24+/m0/s1. The van der Waals surface area contributed by atoms with E-state index in [0.29, 0.717) is 25.7 Å². The van der Waals surface area contributed by atoms with E-state index in [1.807, 2.05) is 0 Å². The zero-order valence-corrected chi connectivity index (χ0v) is 17.7. The van der Waals surface area contributed by atoms with Gasteiger partial charge in [-0.05, 0) is 62.0 Å². The second kappa shape index (κ2) is 6.07. The number of hydrogen-bond donors (Lipinski definition) is 3. The molecule has 0 radical (unpaired) electrons. The van der Waals surface area contributed by atoms with E-state index in [1.165, 1.54) is 12.3 Å². The number of ether oxygens (including phenoxy) is 1. The second-order valence-corrected chi connectivity index (χ2v) is 11.0. The molecule has 1 saturated heterocycles. The predicted molar refractivity (Wildman–Crippen MR) is 108 cm³/mol. The molecular weight excluding hydrogens is 400 g/mol. The van der Waals surface area contributed by atoms with Gasteiger partial charge in [0.15, 0.2) is 0 Å². The summed E-state index contributed by atoms with van der Waals surface area (Å²) in [7, 11) is 0. The Balaban J connectivity index is 1.42. The predicted octanol–water partition coefficient (Wildman–Crippen LogP) is 1.52. The Morgan fingerprint density at radius 3 is 2.58 bits per heavy atom. The highest BCUT2D eigenvalue weighted by Crippen LogP contribution is 2.78. The first-order chi connectivity index (χ1) is 14.7. The number of epoxide rings is 1. The van der Waals surface area contributed by atoms with Crippen LogP contribution in [0.15, 0.2) is 27.6 Å². The first-order valence-corrected chi connectivity index (χ1v) is 11.5. The molecule has 6 rings (SSSR count). The van der Waals surface area contributed by atoms with Crippen molar-refractivity contribution < 1.29 is 29.3 Å². The third-order valence-corrected chi connectivity index (χ3v) is 10.1. The number of fused-ring (bicyclic) bond motifs is 3. The molecule has 0 amide bonds. The summed E-state index contributed by atoms with van der Waals surface area (Å²) >= 11 is 0. The van der Waals surface area contributed by atoms with E-state index in [0.717, 1.165) is 24.7 Å². The molecule has 0 unspecified atom stereocenters. The number of aliphatic hydroxyl groups excluding tert-OH is 2. The van der Waals surface area contributed by atoms with Crippen molar-refractivity contribution in [3.05, 3.63) is 34.4 Å². The lowest BCUT2D eigenvalue weighted by molar-refractivity contribution is -0.219. The maximum atomic E-state index is 12.6. The molecule has 168 valence electrons. The van der Waals surface area contributed by atoms with Crippen molar-refractivity contribution in [2.45, 2.75) is 87.3 Å². The molecule has 2 heterocycles. The minimum Gasteiger partial charge on any atom is -0.431 e. The Kier molecular flexibility index (Phi) is 3.93. The largest absolute Gasteiger partial charge is 0.431 e. The van der Waals surface area contributed by atoms with E-state index >= 15 is 0 Å². The molecule has 4 saturated carbocycles. The van der Waals surface area contributed by atoms with Crippen LogP contribution >= 0.6 is 0 Å². The van der Waals surface area contributed by atoms with Gasteiger partial charge in [0.05, 0.1) is 29.5 Å². The van der Waals surface area contributed by atoms with Gasteiger partial charge in [-0.3, -0.25) is 0 Å². The van der Waals surface area contributed by atoms with Gasteiger partial charge in [-0.2, -0.15) is 0 Å². The Hall–Kier alpha value is -1.54. The van der Waals surface area contributed by atoms with Gasteiger partial charge in [0.25, 0.3) is 0 Å². The average Bonchev–Trinajstić information content (AvgIpc) is 3.45. The Morgan fingerprint density at radius 1 is 1.10 bits per heavy atom. The van der Waals surface area contributed by atoms with E-state index in [9.17, 15) is 24.9 Å². The third-order valence-electron chi connectivity index (χ3n) is 10.1. The summed E-state index contributed by atoms with van der Waals surface area (Å²) in [6, 6.07) is 3.13. The Bertz CT molecular complexity index is 970. The molecule has 7 nitrogen and oxygen atoms in total. The SMILES string of the molecule is C[C@]12CC[C@H]3[C@@H](CC[C@]4(O)C[C@@H](O)CC[C@]34C=O)[C@]13O[C@@H]3[C@H](O)[C@@H]2c1ccc(=O)oc1. The van der Waals surface area contributed by atoms with Gasteiger partial charge in [-0.15, -0.1) is 0 Å². The van der Waals surface area contributed by atoms with Crippen LogP contribution in [0.25, 0.3) is 0 Å². The van der Waals surface area contributed by atoms with Crippen LogP contribution in [0.1, 0.15) is 63.4 Å². The fourth-order valence-electron chi connectivity index (χ4n) is 8.76. The van der Waals surface area contributed by atoms with E-state index in [-0.39, 0.29) is 35.7 Å². The van der Waals surface area contributed by atoms with Crippen molar-refractivity contribution >= 4 is 6.29 Å². The second-order valence-electron chi connectivity index (χ2n) is 11.0. The number of rotatable bonds is 2. The topological polar surface area (TPSA) is 121 Å². The highest BCUT2D eigenvalue weighted by Gasteiger charge is 2.84. The Labute approximate surface area is 180 Å². The number of carbonyl (C=O) groups is 1. The van der Waals surface area contributed by atoms with Crippen molar-refractivity contribution in [2.24, 2.45) is 22.7 Å². The summed E-state index contributed by atoms with van der Waals surface area (Å²) in [5, 5.41) is 33.0. The summed E-state index contributed by atoms with van der Waals surface area (Å²) in [6.07, 6.45) is 4.77. The summed E-state index contributed by atoms with van der Waals surface area (Å²) in [5.74, 6) is -0.181. The molecule has 0 bridgehead atoms. The smallest absolute Gasteiger partial charge is 0.335 e. The van der Waals surface area contributed by atoms with Gasteiger partial charge < -0.3 is 29.3 Å². The molecule has 3 N–H and O–H groups in total. The minimum absolute atomic E-state index is 0.0334. The number of carbonyl (C=O) groups excluding carboxylic acids is 1. The van der Waals surface area contributed by atoms with Gasteiger partial charge in [-0.1, -0.05) is 6.92 Å². The Morgan fingerprint density at radius 2 is 1.87 bits per heavy atom. The lowest BCUT2D eigenvalue weighted by Gasteiger charge is -2.62. The molecular formula is C24H30O7. The quantitative estimate of drug-likeness (QED) is 0.481. The summed E-state index contributed by atoms with van der Waals surface area (Å²) in [4.78, 5) is 24.0. The van der Waals surface area contributed by atoms with Crippen LogP contribution in [0, 0.1) is 22.7 Å². The van der Waals surface area contributed by atoms with Crippen molar-refractivity contribution in [3.8, 4) is 0 Å². The molecule has 7 heteroatoms. The molecule has 1 aromatic heterocycles. The molecule has 4 aliphatic carbocycles. The first-order valence-electron chi connectivity index (χ1n) is 11.5. The fourth-order valence-corrected chi connectivity index (χ4v) is 8.76. The van der Waals surface area contributed by atoms with Crippen molar-refractivity contribution in [1.29, 1.82) is 0 Å². The van der Waals surface area contributed by atoms with E-state index in [4.69, 9.17) is 9.15 Å². The van der Waals surface area contributed by atoms with Crippen LogP contribution in [0.2, 0.25) is 0 Å². The lowest BCUT2D eigenvalue weighted by Crippen LogP contribution is -2.66. The monoisotopic (exact) mass is 430 g/mol. The van der Waals surface area contributed by atoms with Gasteiger partial charge in [-0.25, -0.2) is 4.79 Å². The molecule has 5 fully saturated rings. The van der Waals surface area contributed by atoms with E-state index in [2.05, 4.69) is 6.92 Å². The summed E-state index contributed by atoms with van der Waals surface area (Å²) in [6.45, 7) is 2.16. The van der Waals surface area contributed by atoms with Crippen LogP contribution in [0.4, 0.5) is 0 Å². The van der Waals surface area contributed by atoms with Gasteiger partial charge in [0.2, 0.25) is 0 Å². The van der Waals surface area contributed by atoms with E-state index < -0.39 is 34.5 Å². The lowest BCUT2D eigenvalue weighted by atomic mass is 9.42. The van der Waals surface area contributed by atoms with Gasteiger partial charge >= 0.3 is 5.63 Å². The minimum atomic E-state index is -1.18. The van der Waals surface area contributed by atoms with Gasteiger partial charge in [0, 0.05) is 23.8 Å². The third kappa shape index (κ3) is 2.19. The van der Waals surface area contributed by atoms with Gasteiger partial charge in [0.1, 0.15) is 18.0 Å². The highest BCUT2D eigenvalue weighted by molar-refractivity contribution is 5.64. The number of aliphatic hydroxyl groups is 3. The molecule has 1 spiro atoms. The summed E-state index contributed by atoms with van der Waals surface area (Å²) < 4.78 is 11.5. The van der Waals surface area contributed by atoms with Crippen LogP contribution in [-0.4, -0.2) is 51.1 Å². The maximum Gasteiger partial charge on any atom is 0.335 e. The first kappa shape index (κ1) is 20.1. The number of hydrogen-bond acceptors (Lipinski definition) is 7. The molecule has 1 aliphatic heterocycles. The summed E-state index contributed by atoms with van der Waals surface area (Å²) in [5.41, 5.74) is -2.55. The average molecular weight is 430 g/mol. The maximum absolute atomic E-state index is 12.6. The van der Waals surface area contributed by atoms with Crippen LogP contribution < -0.4 is 5.63 Å². The zero-order valence-electron chi connectivity index (χ0n) is 17.7.